The van der Waals surface area contributed by atoms with Gasteiger partial charge < -0.3 is 20.2 Å². The number of rotatable bonds is 4. The predicted molar refractivity (Wildman–Crippen MR) is 84.3 cm³/mol. The number of aliphatic hydroxyl groups is 1. The van der Waals surface area contributed by atoms with Crippen molar-refractivity contribution >= 4 is 11.7 Å². The first kappa shape index (κ1) is 16.5. The number of carbonyl (C=O) groups excluding carboxylic acids is 1. The van der Waals surface area contributed by atoms with E-state index in [-0.39, 0.29) is 24.4 Å². The standard InChI is InChI=1S/C16H24FN3O2/c1-19(2)15-6-5-12(8-14(15)17)9-18-16(22)20-7-3-4-13(10-20)11-21/h5-6,8,13,21H,3-4,7,9-11H2,1-2H3,(H,18,22). The second kappa shape index (κ2) is 7.45. The van der Waals surface area contributed by atoms with Gasteiger partial charge in [0.1, 0.15) is 5.82 Å². The summed E-state index contributed by atoms with van der Waals surface area (Å²) in [5.41, 5.74) is 1.25. The van der Waals surface area contributed by atoms with Crippen LogP contribution in [0.4, 0.5) is 14.9 Å². The molecular weight excluding hydrogens is 285 g/mol. The molecule has 1 unspecified atom stereocenters. The van der Waals surface area contributed by atoms with Crippen LogP contribution >= 0.6 is 0 Å². The molecule has 1 heterocycles. The maximum Gasteiger partial charge on any atom is 0.317 e. The van der Waals surface area contributed by atoms with Crippen molar-refractivity contribution in [1.29, 1.82) is 0 Å². The minimum Gasteiger partial charge on any atom is -0.396 e. The molecule has 0 bridgehead atoms. The second-order valence-electron chi connectivity index (χ2n) is 5.98. The number of benzene rings is 1. The molecule has 0 radical (unpaired) electrons. The average molecular weight is 309 g/mol. The smallest absolute Gasteiger partial charge is 0.317 e. The summed E-state index contributed by atoms with van der Waals surface area (Å²) < 4.78 is 13.9. The third-order valence-electron chi connectivity index (χ3n) is 4.00. The third-order valence-corrected chi connectivity index (χ3v) is 4.00. The molecule has 1 aromatic rings. The van der Waals surface area contributed by atoms with Crippen LogP contribution in [-0.2, 0) is 6.54 Å². The van der Waals surface area contributed by atoms with Crippen molar-refractivity contribution < 1.29 is 14.3 Å². The number of aliphatic hydroxyl groups excluding tert-OH is 1. The Bertz CT molecular complexity index is 522. The largest absolute Gasteiger partial charge is 0.396 e. The van der Waals surface area contributed by atoms with E-state index in [1.165, 1.54) is 6.07 Å². The van der Waals surface area contributed by atoms with Crippen LogP contribution in [0.1, 0.15) is 18.4 Å². The number of nitrogens with one attached hydrogen (secondary N) is 1. The van der Waals surface area contributed by atoms with Crippen molar-refractivity contribution in [2.75, 3.05) is 38.7 Å². The van der Waals surface area contributed by atoms with Gasteiger partial charge in [0.25, 0.3) is 0 Å². The van der Waals surface area contributed by atoms with Crippen LogP contribution in [0.2, 0.25) is 0 Å². The van der Waals surface area contributed by atoms with Crippen molar-refractivity contribution in [3.8, 4) is 0 Å². The summed E-state index contributed by atoms with van der Waals surface area (Å²) in [7, 11) is 3.57. The SMILES string of the molecule is CN(C)c1ccc(CNC(=O)N2CCCC(CO)C2)cc1F. The van der Waals surface area contributed by atoms with Gasteiger partial charge in [-0.1, -0.05) is 6.07 Å². The zero-order valence-corrected chi connectivity index (χ0v) is 13.2. The van der Waals surface area contributed by atoms with E-state index in [1.54, 1.807) is 30.0 Å². The fourth-order valence-corrected chi connectivity index (χ4v) is 2.71. The van der Waals surface area contributed by atoms with Crippen LogP contribution < -0.4 is 10.2 Å². The van der Waals surface area contributed by atoms with E-state index in [9.17, 15) is 14.3 Å². The zero-order valence-electron chi connectivity index (χ0n) is 13.2. The van der Waals surface area contributed by atoms with E-state index >= 15 is 0 Å². The van der Waals surface area contributed by atoms with Crippen LogP contribution in [0.5, 0.6) is 0 Å². The monoisotopic (exact) mass is 309 g/mol. The van der Waals surface area contributed by atoms with Gasteiger partial charge >= 0.3 is 6.03 Å². The maximum atomic E-state index is 13.9. The predicted octanol–water partition coefficient (Wildman–Crippen LogP) is 1.81. The van der Waals surface area contributed by atoms with Crippen LogP contribution in [-0.4, -0.2) is 49.8 Å². The molecule has 2 amide bonds. The highest BCUT2D eigenvalue weighted by atomic mass is 19.1. The summed E-state index contributed by atoms with van der Waals surface area (Å²) >= 11 is 0. The quantitative estimate of drug-likeness (QED) is 0.892. The fraction of sp³-hybridized carbons (Fsp3) is 0.562. The lowest BCUT2D eigenvalue weighted by molar-refractivity contribution is 0.129. The Morgan fingerprint density at radius 3 is 2.91 bits per heavy atom. The van der Waals surface area contributed by atoms with E-state index in [2.05, 4.69) is 5.32 Å². The first-order valence-electron chi connectivity index (χ1n) is 7.60. The highest BCUT2D eigenvalue weighted by Crippen LogP contribution is 2.19. The number of amides is 2. The Hall–Kier alpha value is -1.82. The lowest BCUT2D eigenvalue weighted by atomic mass is 9.99. The second-order valence-corrected chi connectivity index (χ2v) is 5.98. The number of halogens is 1. The Labute approximate surface area is 130 Å². The number of hydrogen-bond acceptors (Lipinski definition) is 3. The molecule has 0 saturated carbocycles. The van der Waals surface area contributed by atoms with Gasteiger partial charge in [0, 0.05) is 40.3 Å². The van der Waals surface area contributed by atoms with E-state index in [1.807, 2.05) is 6.07 Å². The number of nitrogens with zero attached hydrogens (tertiary/aromatic N) is 2. The van der Waals surface area contributed by atoms with E-state index in [0.717, 1.165) is 18.4 Å². The summed E-state index contributed by atoms with van der Waals surface area (Å²) in [4.78, 5) is 15.6. The maximum absolute atomic E-state index is 13.9. The van der Waals surface area contributed by atoms with Gasteiger partial charge in [-0.05, 0) is 36.5 Å². The lowest BCUT2D eigenvalue weighted by Crippen LogP contribution is -2.45. The minimum absolute atomic E-state index is 0.112. The molecule has 1 aliphatic rings. The molecule has 122 valence electrons. The summed E-state index contributed by atoms with van der Waals surface area (Å²) in [6, 6.07) is 4.81. The Morgan fingerprint density at radius 1 is 1.50 bits per heavy atom. The van der Waals surface area contributed by atoms with Gasteiger partial charge in [-0.15, -0.1) is 0 Å². The third kappa shape index (κ3) is 4.10. The summed E-state index contributed by atoms with van der Waals surface area (Å²) in [5, 5.41) is 12.0. The number of likely N-dealkylation sites (tertiary alicyclic amines) is 1. The molecule has 1 aromatic carbocycles. The molecule has 2 N–H and O–H groups in total. The van der Waals surface area contributed by atoms with Crippen LogP contribution in [0.3, 0.4) is 0 Å². The number of piperidine rings is 1. The van der Waals surface area contributed by atoms with E-state index < -0.39 is 0 Å². The lowest BCUT2D eigenvalue weighted by Gasteiger charge is -2.31. The summed E-state index contributed by atoms with van der Waals surface area (Å²) in [5.74, 6) is -0.133. The Kier molecular flexibility index (Phi) is 5.60. The molecule has 0 aliphatic carbocycles. The minimum atomic E-state index is -0.296. The molecule has 5 nitrogen and oxygen atoms in total. The molecule has 6 heteroatoms. The summed E-state index contributed by atoms with van der Waals surface area (Å²) in [6.07, 6.45) is 1.86. The number of anilines is 1. The van der Waals surface area contributed by atoms with Crippen LogP contribution in [0.25, 0.3) is 0 Å². The molecule has 1 saturated heterocycles. The van der Waals surface area contributed by atoms with Gasteiger partial charge in [-0.3, -0.25) is 0 Å². The first-order valence-corrected chi connectivity index (χ1v) is 7.60. The highest BCUT2D eigenvalue weighted by Gasteiger charge is 2.22. The zero-order chi connectivity index (χ0) is 16.1. The van der Waals surface area contributed by atoms with Gasteiger partial charge in [0.05, 0.1) is 5.69 Å². The Balaban J connectivity index is 1.89. The highest BCUT2D eigenvalue weighted by molar-refractivity contribution is 5.74. The van der Waals surface area contributed by atoms with Crippen LogP contribution in [0, 0.1) is 11.7 Å². The van der Waals surface area contributed by atoms with Gasteiger partial charge in [0.2, 0.25) is 0 Å². The number of urea groups is 1. The van der Waals surface area contributed by atoms with E-state index in [4.69, 9.17) is 0 Å². The molecule has 1 atom stereocenters. The first-order chi connectivity index (χ1) is 10.5. The fourth-order valence-electron chi connectivity index (χ4n) is 2.71. The topological polar surface area (TPSA) is 55.8 Å². The van der Waals surface area contributed by atoms with Crippen LogP contribution in [0.15, 0.2) is 18.2 Å². The van der Waals surface area contributed by atoms with Crippen molar-refractivity contribution in [2.24, 2.45) is 5.92 Å². The summed E-state index contributed by atoms with van der Waals surface area (Å²) in [6.45, 7) is 1.69. The van der Waals surface area contributed by atoms with Crippen molar-refractivity contribution in [2.45, 2.75) is 19.4 Å². The molecule has 0 aromatic heterocycles. The van der Waals surface area contributed by atoms with Gasteiger partial charge in [0.15, 0.2) is 0 Å². The average Bonchev–Trinajstić information content (AvgIpc) is 2.52. The molecular formula is C16H24FN3O2. The molecule has 1 fully saturated rings. The van der Waals surface area contributed by atoms with E-state index in [0.29, 0.717) is 25.3 Å². The normalized spacial score (nSPS) is 18.2. The molecule has 0 spiro atoms. The van der Waals surface area contributed by atoms with Gasteiger partial charge in [-0.25, -0.2) is 9.18 Å². The Morgan fingerprint density at radius 2 is 2.27 bits per heavy atom. The van der Waals surface area contributed by atoms with Gasteiger partial charge in [-0.2, -0.15) is 0 Å². The molecule has 2 rings (SSSR count). The van der Waals surface area contributed by atoms with Crippen molar-refractivity contribution in [1.82, 2.24) is 10.2 Å². The molecule has 22 heavy (non-hydrogen) atoms. The van der Waals surface area contributed by atoms with Crippen molar-refractivity contribution in [3.63, 3.8) is 0 Å². The number of carbonyl (C=O) groups is 1. The molecule has 1 aliphatic heterocycles. The van der Waals surface area contributed by atoms with Crippen molar-refractivity contribution in [3.05, 3.63) is 29.6 Å². The number of hydrogen-bond donors (Lipinski definition) is 2.